The van der Waals surface area contributed by atoms with Crippen LogP contribution in [0.4, 0.5) is 0 Å². The second kappa shape index (κ2) is 7.34. The van der Waals surface area contributed by atoms with Gasteiger partial charge < -0.3 is 8.98 Å². The third-order valence-electron chi connectivity index (χ3n) is 4.62. The number of hydrogen-bond acceptors (Lipinski definition) is 4. The van der Waals surface area contributed by atoms with Gasteiger partial charge in [0, 0.05) is 6.54 Å². The molecule has 0 N–H and O–H groups in total. The third-order valence-corrected chi connectivity index (χ3v) is 4.62. The number of nitrogens with zero attached hydrogens (tertiary/aromatic N) is 4. The van der Waals surface area contributed by atoms with Crippen LogP contribution in [0.5, 0.6) is 0 Å². The molecule has 0 saturated carbocycles. The highest BCUT2D eigenvalue weighted by molar-refractivity contribution is 5.70. The smallest absolute Gasteiger partial charge is 0.333 e. The molecule has 3 heterocycles. The predicted octanol–water partition coefficient (Wildman–Crippen LogP) is 2.71. The lowest BCUT2D eigenvalue weighted by Gasteiger charge is -2.14. The van der Waals surface area contributed by atoms with Gasteiger partial charge in [0.25, 0.3) is 5.56 Å². The minimum absolute atomic E-state index is 0.162. The summed E-state index contributed by atoms with van der Waals surface area (Å²) in [7, 11) is 0. The van der Waals surface area contributed by atoms with Gasteiger partial charge >= 0.3 is 5.69 Å². The van der Waals surface area contributed by atoms with E-state index in [0.717, 1.165) is 11.3 Å². The Kier molecular flexibility index (Phi) is 4.73. The molecule has 0 aliphatic rings. The van der Waals surface area contributed by atoms with E-state index in [-0.39, 0.29) is 17.2 Å². The van der Waals surface area contributed by atoms with Crippen molar-refractivity contribution in [1.82, 2.24) is 18.7 Å². The van der Waals surface area contributed by atoms with Crippen LogP contribution in [0.3, 0.4) is 0 Å². The molecular formula is C21H22N4O3. The molecule has 0 unspecified atom stereocenters. The van der Waals surface area contributed by atoms with Crippen molar-refractivity contribution in [3.63, 3.8) is 0 Å². The Bertz CT molecular complexity index is 1200. The summed E-state index contributed by atoms with van der Waals surface area (Å²) in [6, 6.07) is 13.3. The molecule has 144 valence electrons. The van der Waals surface area contributed by atoms with Crippen LogP contribution in [0.1, 0.15) is 25.2 Å². The van der Waals surface area contributed by atoms with E-state index < -0.39 is 0 Å². The van der Waals surface area contributed by atoms with Crippen LogP contribution in [-0.2, 0) is 19.6 Å². The fourth-order valence-electron chi connectivity index (χ4n) is 3.36. The number of aromatic nitrogens is 4. The van der Waals surface area contributed by atoms with Gasteiger partial charge in [0.1, 0.15) is 5.76 Å². The van der Waals surface area contributed by atoms with Crippen molar-refractivity contribution in [1.29, 1.82) is 0 Å². The van der Waals surface area contributed by atoms with Crippen molar-refractivity contribution < 1.29 is 4.42 Å². The van der Waals surface area contributed by atoms with Gasteiger partial charge in [-0.2, -0.15) is 0 Å². The van der Waals surface area contributed by atoms with Crippen LogP contribution >= 0.6 is 0 Å². The molecule has 7 heteroatoms. The first kappa shape index (κ1) is 18.0. The molecule has 0 aliphatic heterocycles. The number of benzene rings is 1. The standard InChI is InChI=1S/C21H22N4O3/c1-15(2)11-25-20(26)18-19(22-14-23(18)13-17-9-6-10-28-17)24(21(25)27)12-16-7-4-3-5-8-16/h3-10,14-15H,11-13H2,1-2H3. The van der Waals surface area contributed by atoms with Crippen molar-refractivity contribution in [3.8, 4) is 0 Å². The van der Waals surface area contributed by atoms with Crippen molar-refractivity contribution >= 4 is 11.2 Å². The zero-order chi connectivity index (χ0) is 19.7. The molecule has 0 aliphatic carbocycles. The second-order valence-corrected chi connectivity index (χ2v) is 7.29. The van der Waals surface area contributed by atoms with E-state index in [1.54, 1.807) is 27.8 Å². The van der Waals surface area contributed by atoms with Crippen LogP contribution < -0.4 is 11.2 Å². The zero-order valence-electron chi connectivity index (χ0n) is 15.9. The lowest BCUT2D eigenvalue weighted by molar-refractivity contribution is 0.477. The summed E-state index contributed by atoms with van der Waals surface area (Å²) < 4.78 is 10.1. The average molecular weight is 378 g/mol. The minimum atomic E-state index is -0.335. The molecule has 0 spiro atoms. The average Bonchev–Trinajstić information content (AvgIpc) is 3.33. The van der Waals surface area contributed by atoms with Gasteiger partial charge in [0.05, 0.1) is 25.7 Å². The van der Waals surface area contributed by atoms with E-state index >= 15 is 0 Å². The highest BCUT2D eigenvalue weighted by atomic mass is 16.3. The van der Waals surface area contributed by atoms with E-state index in [1.807, 2.05) is 50.2 Å². The normalized spacial score (nSPS) is 11.5. The predicted molar refractivity (Wildman–Crippen MR) is 106 cm³/mol. The van der Waals surface area contributed by atoms with Crippen LogP contribution in [0.15, 0.2) is 69.1 Å². The molecule has 1 aromatic carbocycles. The van der Waals surface area contributed by atoms with Gasteiger partial charge in [-0.1, -0.05) is 44.2 Å². The Labute approximate surface area is 161 Å². The topological polar surface area (TPSA) is 75.0 Å². The number of furan rings is 1. The highest BCUT2D eigenvalue weighted by Crippen LogP contribution is 2.13. The van der Waals surface area contributed by atoms with Gasteiger partial charge in [0.15, 0.2) is 11.2 Å². The fourth-order valence-corrected chi connectivity index (χ4v) is 3.36. The van der Waals surface area contributed by atoms with E-state index in [0.29, 0.717) is 30.8 Å². The van der Waals surface area contributed by atoms with E-state index in [1.165, 1.54) is 4.57 Å². The van der Waals surface area contributed by atoms with Crippen molar-refractivity contribution in [2.45, 2.75) is 33.5 Å². The molecule has 3 aromatic heterocycles. The van der Waals surface area contributed by atoms with Gasteiger partial charge in [-0.25, -0.2) is 9.78 Å². The minimum Gasteiger partial charge on any atom is -0.467 e. The van der Waals surface area contributed by atoms with Crippen molar-refractivity contribution in [2.24, 2.45) is 5.92 Å². The summed E-state index contributed by atoms with van der Waals surface area (Å²) in [6.45, 7) is 5.06. The Balaban J connectivity index is 1.92. The molecule has 0 amide bonds. The molecule has 0 fully saturated rings. The maximum absolute atomic E-state index is 13.2. The largest absolute Gasteiger partial charge is 0.467 e. The number of rotatable bonds is 6. The fraction of sp³-hybridized carbons (Fsp3) is 0.286. The zero-order valence-corrected chi connectivity index (χ0v) is 15.9. The lowest BCUT2D eigenvalue weighted by atomic mass is 10.2. The van der Waals surface area contributed by atoms with Crippen LogP contribution in [0.25, 0.3) is 11.2 Å². The van der Waals surface area contributed by atoms with Gasteiger partial charge in [-0.05, 0) is 23.6 Å². The maximum Gasteiger partial charge on any atom is 0.333 e. The summed E-state index contributed by atoms with van der Waals surface area (Å²) in [5, 5.41) is 0. The maximum atomic E-state index is 13.2. The Hall–Kier alpha value is -3.35. The summed E-state index contributed by atoms with van der Waals surface area (Å²) in [4.78, 5) is 30.7. The Morgan fingerprint density at radius 1 is 1.00 bits per heavy atom. The summed E-state index contributed by atoms with van der Waals surface area (Å²) in [5.74, 6) is 0.879. The molecule has 0 radical (unpaired) electrons. The molecule has 4 aromatic rings. The van der Waals surface area contributed by atoms with Gasteiger partial charge in [-0.15, -0.1) is 0 Å². The van der Waals surface area contributed by atoms with Crippen LogP contribution in [-0.4, -0.2) is 18.7 Å². The van der Waals surface area contributed by atoms with Crippen molar-refractivity contribution in [3.05, 3.63) is 87.2 Å². The first-order chi connectivity index (χ1) is 13.5. The van der Waals surface area contributed by atoms with Crippen LogP contribution in [0, 0.1) is 5.92 Å². The lowest BCUT2D eigenvalue weighted by Crippen LogP contribution is -2.41. The monoisotopic (exact) mass is 378 g/mol. The highest BCUT2D eigenvalue weighted by Gasteiger charge is 2.19. The molecule has 0 bridgehead atoms. The number of fused-ring (bicyclic) bond motifs is 1. The molecule has 7 nitrogen and oxygen atoms in total. The molecular weight excluding hydrogens is 356 g/mol. The quantitative estimate of drug-likeness (QED) is 0.517. The SMILES string of the molecule is CC(C)Cn1c(=O)c2c(ncn2Cc2ccco2)n(Cc2ccccc2)c1=O. The van der Waals surface area contributed by atoms with E-state index in [4.69, 9.17) is 4.42 Å². The first-order valence-electron chi connectivity index (χ1n) is 9.29. The molecule has 4 rings (SSSR count). The summed E-state index contributed by atoms with van der Waals surface area (Å²) >= 11 is 0. The second-order valence-electron chi connectivity index (χ2n) is 7.29. The van der Waals surface area contributed by atoms with Crippen LogP contribution in [0.2, 0.25) is 0 Å². The molecule has 0 saturated heterocycles. The molecule has 0 atom stereocenters. The Morgan fingerprint density at radius 2 is 1.79 bits per heavy atom. The van der Waals surface area contributed by atoms with Crippen molar-refractivity contribution in [2.75, 3.05) is 0 Å². The molecule has 28 heavy (non-hydrogen) atoms. The Morgan fingerprint density at radius 3 is 2.46 bits per heavy atom. The van der Waals surface area contributed by atoms with Gasteiger partial charge in [-0.3, -0.25) is 13.9 Å². The van der Waals surface area contributed by atoms with E-state index in [9.17, 15) is 9.59 Å². The summed E-state index contributed by atoms with van der Waals surface area (Å²) in [6.07, 6.45) is 3.19. The van der Waals surface area contributed by atoms with Gasteiger partial charge in [0.2, 0.25) is 0 Å². The third kappa shape index (κ3) is 3.31. The summed E-state index contributed by atoms with van der Waals surface area (Å²) in [5.41, 5.74) is 1.12. The number of imidazole rings is 1. The first-order valence-corrected chi connectivity index (χ1v) is 9.29. The van der Waals surface area contributed by atoms with E-state index in [2.05, 4.69) is 4.98 Å². The number of hydrogen-bond donors (Lipinski definition) is 0.